The largest absolute Gasteiger partial charge is 0.494 e. The Bertz CT molecular complexity index is 410. The third kappa shape index (κ3) is 7.08. The van der Waals surface area contributed by atoms with Crippen molar-refractivity contribution in [2.75, 3.05) is 6.61 Å². The van der Waals surface area contributed by atoms with Crippen LogP contribution in [-0.2, 0) is 16.0 Å². The van der Waals surface area contributed by atoms with Crippen LogP contribution in [0.25, 0.3) is 0 Å². The molecule has 19 heavy (non-hydrogen) atoms. The van der Waals surface area contributed by atoms with E-state index in [1.54, 1.807) is 24.3 Å². The van der Waals surface area contributed by atoms with Crippen molar-refractivity contribution >= 4 is 11.9 Å². The molecule has 0 radical (unpaired) electrons. The van der Waals surface area contributed by atoms with E-state index in [1.165, 1.54) is 0 Å². The van der Waals surface area contributed by atoms with Gasteiger partial charge >= 0.3 is 11.9 Å². The molecule has 104 valence electrons. The van der Waals surface area contributed by atoms with E-state index in [1.807, 2.05) is 0 Å². The Hall–Kier alpha value is -2.04. The molecule has 0 amide bonds. The van der Waals surface area contributed by atoms with Gasteiger partial charge in [0, 0.05) is 6.42 Å². The molecule has 0 unspecified atom stereocenters. The first-order chi connectivity index (χ1) is 9.08. The molecule has 5 heteroatoms. The van der Waals surface area contributed by atoms with Crippen LogP contribution in [0.2, 0.25) is 0 Å². The summed E-state index contributed by atoms with van der Waals surface area (Å²) < 4.78 is 5.48. The number of hydrogen-bond donors (Lipinski definition) is 2. The molecular formula is C14H18O5. The quantitative estimate of drug-likeness (QED) is 0.670. The number of aliphatic carboxylic acids is 2. The van der Waals surface area contributed by atoms with Gasteiger partial charge in [0.2, 0.25) is 0 Å². The van der Waals surface area contributed by atoms with Gasteiger partial charge in [-0.25, -0.2) is 0 Å². The molecule has 0 saturated carbocycles. The van der Waals surface area contributed by atoms with E-state index in [2.05, 4.69) is 0 Å². The predicted octanol–water partition coefficient (Wildman–Crippen LogP) is 2.34. The van der Waals surface area contributed by atoms with Crippen molar-refractivity contribution < 1.29 is 24.5 Å². The van der Waals surface area contributed by atoms with E-state index in [0.29, 0.717) is 18.8 Å². The van der Waals surface area contributed by atoms with Crippen LogP contribution in [0.4, 0.5) is 0 Å². The Morgan fingerprint density at radius 3 is 2.21 bits per heavy atom. The number of rotatable bonds is 9. The SMILES string of the molecule is O=C(O)CCCCCOc1ccc(CC(=O)O)cc1. The lowest BCUT2D eigenvalue weighted by Gasteiger charge is -2.06. The third-order valence-electron chi connectivity index (χ3n) is 2.58. The summed E-state index contributed by atoms with van der Waals surface area (Å²) in [4.78, 5) is 20.8. The van der Waals surface area contributed by atoms with Gasteiger partial charge in [0.1, 0.15) is 5.75 Å². The molecule has 0 spiro atoms. The highest BCUT2D eigenvalue weighted by Crippen LogP contribution is 2.13. The van der Waals surface area contributed by atoms with Crippen molar-refractivity contribution in [1.29, 1.82) is 0 Å². The molecule has 5 nitrogen and oxygen atoms in total. The van der Waals surface area contributed by atoms with Gasteiger partial charge in [-0.2, -0.15) is 0 Å². The minimum atomic E-state index is -0.855. The van der Waals surface area contributed by atoms with E-state index in [0.717, 1.165) is 18.4 Å². The van der Waals surface area contributed by atoms with Crippen molar-refractivity contribution in [2.24, 2.45) is 0 Å². The smallest absolute Gasteiger partial charge is 0.307 e. The highest BCUT2D eigenvalue weighted by atomic mass is 16.5. The predicted molar refractivity (Wildman–Crippen MR) is 69.4 cm³/mol. The number of carbonyl (C=O) groups is 2. The highest BCUT2D eigenvalue weighted by molar-refractivity contribution is 5.70. The molecule has 1 aromatic rings. The van der Waals surface area contributed by atoms with E-state index in [-0.39, 0.29) is 12.8 Å². The van der Waals surface area contributed by atoms with E-state index in [4.69, 9.17) is 14.9 Å². The first-order valence-electron chi connectivity index (χ1n) is 6.23. The lowest BCUT2D eigenvalue weighted by molar-refractivity contribution is -0.137. The summed E-state index contributed by atoms with van der Waals surface area (Å²) in [6, 6.07) is 6.95. The second kappa shape index (κ2) is 8.13. The van der Waals surface area contributed by atoms with Crippen molar-refractivity contribution in [2.45, 2.75) is 32.1 Å². The zero-order valence-electron chi connectivity index (χ0n) is 10.7. The van der Waals surface area contributed by atoms with E-state index >= 15 is 0 Å². The molecule has 0 saturated heterocycles. The minimum Gasteiger partial charge on any atom is -0.494 e. The van der Waals surface area contributed by atoms with Gasteiger partial charge in [-0.05, 0) is 37.0 Å². The van der Waals surface area contributed by atoms with E-state index < -0.39 is 11.9 Å². The summed E-state index contributed by atoms with van der Waals surface area (Å²) in [6.45, 7) is 0.540. The fraction of sp³-hybridized carbons (Fsp3) is 0.429. The molecule has 1 aromatic carbocycles. The highest BCUT2D eigenvalue weighted by Gasteiger charge is 2.01. The minimum absolute atomic E-state index is 0.00939. The summed E-state index contributed by atoms with van der Waals surface area (Å²) in [5.41, 5.74) is 0.737. The molecule has 0 bridgehead atoms. The average molecular weight is 266 g/mol. The van der Waals surface area contributed by atoms with Crippen LogP contribution in [0.3, 0.4) is 0 Å². The maximum absolute atomic E-state index is 10.5. The van der Waals surface area contributed by atoms with Gasteiger partial charge in [0.05, 0.1) is 13.0 Å². The molecule has 0 fully saturated rings. The molecule has 2 N–H and O–H groups in total. The molecule has 0 heterocycles. The number of carboxylic acid groups (broad SMARTS) is 2. The van der Waals surface area contributed by atoms with Crippen LogP contribution in [0.1, 0.15) is 31.2 Å². The summed E-state index contributed by atoms with van der Waals surface area (Å²) in [5, 5.41) is 17.1. The number of benzene rings is 1. The zero-order chi connectivity index (χ0) is 14.1. The lowest BCUT2D eigenvalue weighted by Crippen LogP contribution is -2.01. The van der Waals surface area contributed by atoms with Crippen LogP contribution >= 0.6 is 0 Å². The van der Waals surface area contributed by atoms with Gasteiger partial charge in [-0.1, -0.05) is 12.1 Å². The molecule has 0 aliphatic carbocycles. The summed E-state index contributed by atoms with van der Waals surface area (Å²) in [7, 11) is 0. The monoisotopic (exact) mass is 266 g/mol. The third-order valence-corrected chi connectivity index (χ3v) is 2.58. The normalized spacial score (nSPS) is 10.1. The first kappa shape index (κ1) is 15.0. The zero-order valence-corrected chi connectivity index (χ0v) is 10.7. The Morgan fingerprint density at radius 1 is 0.947 bits per heavy atom. The van der Waals surface area contributed by atoms with Gasteiger partial charge < -0.3 is 14.9 Å². The summed E-state index contributed by atoms with van der Waals surface area (Å²) >= 11 is 0. The fourth-order valence-corrected chi connectivity index (χ4v) is 1.62. The summed E-state index contributed by atoms with van der Waals surface area (Å²) in [5.74, 6) is -0.922. The number of hydrogen-bond acceptors (Lipinski definition) is 3. The number of carboxylic acids is 2. The van der Waals surface area contributed by atoms with Crippen molar-refractivity contribution in [3.8, 4) is 5.75 Å². The van der Waals surface area contributed by atoms with Crippen LogP contribution in [0.5, 0.6) is 5.75 Å². The van der Waals surface area contributed by atoms with Gasteiger partial charge in [-0.15, -0.1) is 0 Å². The van der Waals surface area contributed by atoms with Crippen LogP contribution in [0.15, 0.2) is 24.3 Å². The molecule has 1 rings (SSSR count). The van der Waals surface area contributed by atoms with Crippen molar-refractivity contribution in [3.63, 3.8) is 0 Å². The van der Waals surface area contributed by atoms with Crippen LogP contribution in [0, 0.1) is 0 Å². The maximum Gasteiger partial charge on any atom is 0.307 e. The molecule has 0 atom stereocenters. The van der Waals surface area contributed by atoms with Crippen molar-refractivity contribution in [1.82, 2.24) is 0 Å². The second-order valence-electron chi connectivity index (χ2n) is 4.27. The Labute approximate surface area is 111 Å². The number of unbranched alkanes of at least 4 members (excludes halogenated alkanes) is 2. The topological polar surface area (TPSA) is 83.8 Å². The van der Waals surface area contributed by atoms with Gasteiger partial charge in [-0.3, -0.25) is 9.59 Å². The summed E-state index contributed by atoms with van der Waals surface area (Å²) in [6.07, 6.45) is 2.50. The average Bonchev–Trinajstić information content (AvgIpc) is 2.34. The van der Waals surface area contributed by atoms with Crippen LogP contribution < -0.4 is 4.74 Å². The van der Waals surface area contributed by atoms with Crippen LogP contribution in [-0.4, -0.2) is 28.8 Å². The van der Waals surface area contributed by atoms with E-state index in [9.17, 15) is 9.59 Å². The first-order valence-corrected chi connectivity index (χ1v) is 6.23. The molecule has 0 aromatic heterocycles. The Balaban J connectivity index is 2.19. The molecular weight excluding hydrogens is 248 g/mol. The van der Waals surface area contributed by atoms with Gasteiger partial charge in [0.25, 0.3) is 0 Å². The molecule has 0 aliphatic rings. The van der Waals surface area contributed by atoms with Crippen molar-refractivity contribution in [3.05, 3.63) is 29.8 Å². The Morgan fingerprint density at radius 2 is 1.63 bits per heavy atom. The number of ether oxygens (including phenoxy) is 1. The van der Waals surface area contributed by atoms with Gasteiger partial charge in [0.15, 0.2) is 0 Å². The fourth-order valence-electron chi connectivity index (χ4n) is 1.62. The second-order valence-corrected chi connectivity index (χ2v) is 4.27. The molecule has 0 aliphatic heterocycles. The Kier molecular flexibility index (Phi) is 6.43. The lowest BCUT2D eigenvalue weighted by atomic mass is 10.1. The maximum atomic E-state index is 10.5. The standard InChI is InChI=1S/C14H18O5/c15-13(16)4-2-1-3-9-19-12-7-5-11(6-8-12)10-14(17)18/h5-8H,1-4,9-10H2,(H,15,16)(H,17,18).